The molecule has 0 aliphatic carbocycles. The van der Waals surface area contributed by atoms with Gasteiger partial charge in [-0.1, -0.05) is 5.16 Å². The largest absolute Gasteiger partial charge is 0.399 e. The predicted octanol–water partition coefficient (Wildman–Crippen LogP) is 0.390. The third kappa shape index (κ3) is 2.58. The molecule has 0 aromatic rings. The molecule has 0 saturated carbocycles. The molecule has 0 aromatic carbocycles. The number of aliphatic hydroxyl groups is 1. The maximum absolute atomic E-state index is 8.74. The average Bonchev–Trinajstić information content (AvgIpc) is 1.67. The van der Waals surface area contributed by atoms with E-state index in [0.717, 1.165) is 0 Å². The fourth-order valence-electron chi connectivity index (χ4n) is 0.220. The molecular formula is C5H11NO2. The first-order valence-electron chi connectivity index (χ1n) is 2.44. The van der Waals surface area contributed by atoms with Crippen LogP contribution in [0.25, 0.3) is 0 Å². The maximum atomic E-state index is 8.74. The van der Waals surface area contributed by atoms with Crippen molar-refractivity contribution in [3.05, 3.63) is 0 Å². The molecule has 0 fully saturated rings. The molecule has 0 spiro atoms. The van der Waals surface area contributed by atoms with E-state index in [-0.39, 0.29) is 0 Å². The number of oxime groups is 1. The molecule has 3 nitrogen and oxygen atoms in total. The van der Waals surface area contributed by atoms with E-state index in [1.807, 2.05) is 0 Å². The van der Waals surface area contributed by atoms with Crippen LogP contribution in [0.3, 0.4) is 0 Å². The first-order valence-corrected chi connectivity index (χ1v) is 2.44. The van der Waals surface area contributed by atoms with Crippen LogP contribution in [-0.2, 0) is 4.84 Å². The Balaban J connectivity index is 3.61. The van der Waals surface area contributed by atoms with Crippen LogP contribution in [0.4, 0.5) is 0 Å². The second kappa shape index (κ2) is 3.43. The fraction of sp³-hybridized carbons (Fsp3) is 0.800. The van der Waals surface area contributed by atoms with Crippen molar-refractivity contribution < 1.29 is 9.94 Å². The SMILES string of the molecule is CO/N=C(\C)C(C)O. The third-order valence-corrected chi connectivity index (χ3v) is 0.840. The van der Waals surface area contributed by atoms with Crippen molar-refractivity contribution in [2.75, 3.05) is 7.11 Å². The summed E-state index contributed by atoms with van der Waals surface area (Å²) in [5.74, 6) is 0. The van der Waals surface area contributed by atoms with Crippen LogP contribution in [0.1, 0.15) is 13.8 Å². The minimum absolute atomic E-state index is 0.505. The van der Waals surface area contributed by atoms with Gasteiger partial charge in [0, 0.05) is 0 Å². The second-order valence-corrected chi connectivity index (χ2v) is 1.59. The molecule has 0 aromatic heterocycles. The first-order chi connectivity index (χ1) is 3.68. The molecule has 0 amide bonds. The van der Waals surface area contributed by atoms with E-state index >= 15 is 0 Å². The van der Waals surface area contributed by atoms with Gasteiger partial charge < -0.3 is 9.94 Å². The monoisotopic (exact) mass is 117 g/mol. The normalized spacial score (nSPS) is 15.8. The van der Waals surface area contributed by atoms with Crippen LogP contribution in [-0.4, -0.2) is 24.0 Å². The second-order valence-electron chi connectivity index (χ2n) is 1.59. The summed E-state index contributed by atoms with van der Waals surface area (Å²) < 4.78 is 0. The summed E-state index contributed by atoms with van der Waals surface area (Å²) in [6, 6.07) is 0. The molecule has 1 unspecified atom stereocenters. The van der Waals surface area contributed by atoms with Crippen molar-refractivity contribution in [1.29, 1.82) is 0 Å². The van der Waals surface area contributed by atoms with Crippen molar-refractivity contribution in [2.45, 2.75) is 20.0 Å². The van der Waals surface area contributed by atoms with E-state index in [1.54, 1.807) is 13.8 Å². The van der Waals surface area contributed by atoms with Gasteiger partial charge in [0.1, 0.15) is 7.11 Å². The zero-order valence-electron chi connectivity index (χ0n) is 5.38. The summed E-state index contributed by atoms with van der Waals surface area (Å²) in [5, 5.41) is 12.2. The summed E-state index contributed by atoms with van der Waals surface area (Å²) in [7, 11) is 1.45. The highest BCUT2D eigenvalue weighted by Crippen LogP contribution is 1.85. The van der Waals surface area contributed by atoms with Crippen LogP contribution < -0.4 is 0 Å². The van der Waals surface area contributed by atoms with Gasteiger partial charge in [0.15, 0.2) is 0 Å². The minimum atomic E-state index is -0.505. The standard InChI is InChI=1S/C5H11NO2/c1-4(5(2)7)6-8-3/h5,7H,1-3H3/b6-4+. The number of nitrogens with zero attached hydrogens (tertiary/aromatic N) is 1. The Labute approximate surface area is 49.0 Å². The molecule has 1 N–H and O–H groups in total. The lowest BCUT2D eigenvalue weighted by Gasteiger charge is -1.99. The number of hydrogen-bond donors (Lipinski definition) is 1. The van der Waals surface area contributed by atoms with E-state index in [2.05, 4.69) is 9.99 Å². The van der Waals surface area contributed by atoms with Crippen LogP contribution in [0, 0.1) is 0 Å². The molecule has 1 atom stereocenters. The van der Waals surface area contributed by atoms with E-state index < -0.39 is 6.10 Å². The Morgan fingerprint density at radius 3 is 2.38 bits per heavy atom. The van der Waals surface area contributed by atoms with Crippen LogP contribution in [0.5, 0.6) is 0 Å². The minimum Gasteiger partial charge on any atom is -0.399 e. The number of hydrogen-bond acceptors (Lipinski definition) is 3. The highest BCUT2D eigenvalue weighted by atomic mass is 16.6. The molecule has 0 saturated heterocycles. The van der Waals surface area contributed by atoms with Gasteiger partial charge in [0.05, 0.1) is 11.8 Å². The maximum Gasteiger partial charge on any atom is 0.106 e. The highest BCUT2D eigenvalue weighted by Gasteiger charge is 1.97. The Hall–Kier alpha value is -0.570. The van der Waals surface area contributed by atoms with E-state index in [1.165, 1.54) is 7.11 Å². The lowest BCUT2D eigenvalue weighted by Crippen LogP contribution is -2.11. The van der Waals surface area contributed by atoms with Gasteiger partial charge in [0.2, 0.25) is 0 Å². The van der Waals surface area contributed by atoms with Crippen molar-refractivity contribution in [3.63, 3.8) is 0 Å². The fourth-order valence-corrected chi connectivity index (χ4v) is 0.220. The lowest BCUT2D eigenvalue weighted by atomic mass is 10.3. The van der Waals surface area contributed by atoms with Crippen molar-refractivity contribution in [3.8, 4) is 0 Å². The van der Waals surface area contributed by atoms with Gasteiger partial charge in [0.25, 0.3) is 0 Å². The van der Waals surface area contributed by atoms with Gasteiger partial charge in [-0.15, -0.1) is 0 Å². The third-order valence-electron chi connectivity index (χ3n) is 0.840. The molecule has 0 bridgehead atoms. The van der Waals surface area contributed by atoms with Crippen LogP contribution in [0.2, 0.25) is 0 Å². The Morgan fingerprint density at radius 1 is 1.75 bits per heavy atom. The molecule has 48 valence electrons. The highest BCUT2D eigenvalue weighted by molar-refractivity contribution is 5.85. The Bertz CT molecular complexity index is 88.4. The molecular weight excluding hydrogens is 106 g/mol. The smallest absolute Gasteiger partial charge is 0.106 e. The number of aliphatic hydroxyl groups excluding tert-OH is 1. The molecule has 0 rings (SSSR count). The summed E-state index contributed by atoms with van der Waals surface area (Å²) in [5.41, 5.74) is 0.590. The first kappa shape index (κ1) is 7.43. The van der Waals surface area contributed by atoms with Gasteiger partial charge in [-0.2, -0.15) is 0 Å². The van der Waals surface area contributed by atoms with Gasteiger partial charge in [-0.25, -0.2) is 0 Å². The van der Waals surface area contributed by atoms with E-state index in [0.29, 0.717) is 5.71 Å². The molecule has 0 radical (unpaired) electrons. The van der Waals surface area contributed by atoms with E-state index in [9.17, 15) is 0 Å². The van der Waals surface area contributed by atoms with Crippen molar-refractivity contribution in [2.24, 2.45) is 5.16 Å². The summed E-state index contributed by atoms with van der Waals surface area (Å²) in [4.78, 5) is 4.39. The summed E-state index contributed by atoms with van der Waals surface area (Å²) in [6.45, 7) is 3.34. The lowest BCUT2D eigenvalue weighted by molar-refractivity contribution is 0.199. The predicted molar refractivity (Wildman–Crippen MR) is 31.8 cm³/mol. The van der Waals surface area contributed by atoms with Crippen LogP contribution in [0.15, 0.2) is 5.16 Å². The summed E-state index contributed by atoms with van der Waals surface area (Å²) in [6.07, 6.45) is -0.505. The molecule has 0 aliphatic rings. The molecule has 8 heavy (non-hydrogen) atoms. The quantitative estimate of drug-likeness (QED) is 0.420. The van der Waals surface area contributed by atoms with Crippen molar-refractivity contribution in [1.82, 2.24) is 0 Å². The summed E-state index contributed by atoms with van der Waals surface area (Å²) >= 11 is 0. The zero-order chi connectivity index (χ0) is 6.57. The Morgan fingerprint density at radius 2 is 2.25 bits per heavy atom. The van der Waals surface area contributed by atoms with Crippen molar-refractivity contribution >= 4 is 5.71 Å². The molecule has 3 heteroatoms. The number of rotatable bonds is 2. The van der Waals surface area contributed by atoms with Crippen LogP contribution >= 0.6 is 0 Å². The van der Waals surface area contributed by atoms with Gasteiger partial charge >= 0.3 is 0 Å². The van der Waals surface area contributed by atoms with Gasteiger partial charge in [-0.3, -0.25) is 0 Å². The van der Waals surface area contributed by atoms with Gasteiger partial charge in [-0.05, 0) is 13.8 Å². The Kier molecular flexibility index (Phi) is 3.19. The molecule has 0 aliphatic heterocycles. The molecule has 0 heterocycles. The van der Waals surface area contributed by atoms with E-state index in [4.69, 9.17) is 5.11 Å². The zero-order valence-corrected chi connectivity index (χ0v) is 5.38. The topological polar surface area (TPSA) is 41.8 Å². The average molecular weight is 117 g/mol.